The molecular weight excluding hydrogens is 300 g/mol. The summed E-state index contributed by atoms with van der Waals surface area (Å²) in [4.78, 5) is 26.8. The van der Waals surface area contributed by atoms with Gasteiger partial charge in [0, 0.05) is 11.5 Å². The van der Waals surface area contributed by atoms with Gasteiger partial charge < -0.3 is 10.4 Å². The molecule has 6 heteroatoms. The summed E-state index contributed by atoms with van der Waals surface area (Å²) in [6.07, 6.45) is 3.95. The number of hydrogen-bond acceptors (Lipinski definition) is 4. The van der Waals surface area contributed by atoms with Gasteiger partial charge in [0.25, 0.3) is 0 Å². The first-order valence-electron chi connectivity index (χ1n) is 6.81. The van der Waals surface area contributed by atoms with Crippen molar-refractivity contribution in [3.8, 4) is 0 Å². The molecule has 0 saturated heterocycles. The summed E-state index contributed by atoms with van der Waals surface area (Å²) < 4.78 is 0. The van der Waals surface area contributed by atoms with Gasteiger partial charge in [0.2, 0.25) is 5.91 Å². The van der Waals surface area contributed by atoms with Crippen molar-refractivity contribution in [3.05, 3.63) is 57.6 Å². The molecule has 0 aliphatic carbocycles. The van der Waals surface area contributed by atoms with Crippen molar-refractivity contribution < 1.29 is 14.7 Å². The standard InChI is InChI=1S/C16H16N2O3S/c1-2-15-18-13(10-22-15)9-17-14(19)8-5-11-3-6-12(7-4-11)16(20)21/h3-8,10H,2,9H2,1H3,(H,17,19)(H,20,21). The van der Waals surface area contributed by atoms with Gasteiger partial charge in [0.1, 0.15) is 0 Å². The number of nitrogens with zero attached hydrogens (tertiary/aromatic N) is 1. The molecule has 1 amide bonds. The van der Waals surface area contributed by atoms with Crippen LogP contribution in [0.4, 0.5) is 0 Å². The molecule has 114 valence electrons. The third-order valence-corrected chi connectivity index (χ3v) is 3.97. The molecule has 2 N–H and O–H groups in total. The second-order valence-electron chi connectivity index (χ2n) is 4.56. The van der Waals surface area contributed by atoms with Crippen molar-refractivity contribution in [1.82, 2.24) is 10.3 Å². The highest BCUT2D eigenvalue weighted by Crippen LogP contribution is 2.10. The average Bonchev–Trinajstić information content (AvgIpc) is 2.99. The first-order valence-corrected chi connectivity index (χ1v) is 7.69. The monoisotopic (exact) mass is 316 g/mol. The number of carboxylic acid groups (broad SMARTS) is 1. The van der Waals surface area contributed by atoms with Crippen LogP contribution in [0.25, 0.3) is 6.08 Å². The van der Waals surface area contributed by atoms with Gasteiger partial charge in [-0.1, -0.05) is 19.1 Å². The van der Waals surface area contributed by atoms with E-state index in [2.05, 4.69) is 10.3 Å². The van der Waals surface area contributed by atoms with E-state index in [0.29, 0.717) is 6.54 Å². The average molecular weight is 316 g/mol. The number of carbonyl (C=O) groups excluding carboxylic acids is 1. The van der Waals surface area contributed by atoms with E-state index in [-0.39, 0.29) is 11.5 Å². The van der Waals surface area contributed by atoms with Crippen LogP contribution in [-0.4, -0.2) is 22.0 Å². The SMILES string of the molecule is CCc1nc(CNC(=O)C=Cc2ccc(C(=O)O)cc2)cs1. The fourth-order valence-corrected chi connectivity index (χ4v) is 2.48. The van der Waals surface area contributed by atoms with Crippen LogP contribution < -0.4 is 5.32 Å². The first kappa shape index (κ1) is 15.9. The highest BCUT2D eigenvalue weighted by Gasteiger charge is 2.02. The maximum absolute atomic E-state index is 11.7. The van der Waals surface area contributed by atoms with Gasteiger partial charge in [-0.25, -0.2) is 9.78 Å². The van der Waals surface area contributed by atoms with Crippen molar-refractivity contribution >= 4 is 29.3 Å². The van der Waals surface area contributed by atoms with Gasteiger partial charge >= 0.3 is 5.97 Å². The minimum atomic E-state index is -0.969. The van der Waals surface area contributed by atoms with Crippen molar-refractivity contribution in [2.75, 3.05) is 0 Å². The highest BCUT2D eigenvalue weighted by atomic mass is 32.1. The Kier molecular flexibility index (Phi) is 5.43. The Morgan fingerprint density at radius 3 is 2.64 bits per heavy atom. The minimum absolute atomic E-state index is 0.214. The Morgan fingerprint density at radius 1 is 1.32 bits per heavy atom. The zero-order valence-electron chi connectivity index (χ0n) is 12.1. The number of thiazole rings is 1. The Labute approximate surface area is 132 Å². The Bertz CT molecular complexity index is 690. The van der Waals surface area contributed by atoms with Crippen LogP contribution in [0.3, 0.4) is 0 Å². The minimum Gasteiger partial charge on any atom is -0.478 e. The molecule has 0 spiro atoms. The second-order valence-corrected chi connectivity index (χ2v) is 5.51. The quantitative estimate of drug-likeness (QED) is 0.803. The predicted molar refractivity (Wildman–Crippen MR) is 85.8 cm³/mol. The Hall–Kier alpha value is -2.47. The van der Waals surface area contributed by atoms with Crippen molar-refractivity contribution in [2.24, 2.45) is 0 Å². The number of carbonyl (C=O) groups is 2. The molecule has 0 saturated carbocycles. The smallest absolute Gasteiger partial charge is 0.335 e. The van der Waals surface area contributed by atoms with Gasteiger partial charge in [-0.2, -0.15) is 0 Å². The zero-order valence-corrected chi connectivity index (χ0v) is 12.9. The van der Waals surface area contributed by atoms with Gasteiger partial charge in [-0.15, -0.1) is 11.3 Å². The van der Waals surface area contributed by atoms with E-state index in [4.69, 9.17) is 5.11 Å². The molecule has 2 rings (SSSR count). The molecule has 0 fully saturated rings. The molecule has 0 bridgehead atoms. The van der Waals surface area contributed by atoms with E-state index in [9.17, 15) is 9.59 Å². The molecule has 1 aromatic carbocycles. The summed E-state index contributed by atoms with van der Waals surface area (Å²) in [6.45, 7) is 2.44. The molecule has 1 aromatic heterocycles. The molecule has 0 radical (unpaired) electrons. The van der Waals surface area contributed by atoms with E-state index in [0.717, 1.165) is 22.7 Å². The molecule has 5 nitrogen and oxygen atoms in total. The number of hydrogen-bond donors (Lipinski definition) is 2. The van der Waals surface area contributed by atoms with Crippen LogP contribution in [-0.2, 0) is 17.8 Å². The lowest BCUT2D eigenvalue weighted by molar-refractivity contribution is -0.116. The van der Waals surface area contributed by atoms with Crippen molar-refractivity contribution in [3.63, 3.8) is 0 Å². The Morgan fingerprint density at radius 2 is 2.05 bits per heavy atom. The van der Waals surface area contributed by atoms with Crippen molar-refractivity contribution in [2.45, 2.75) is 19.9 Å². The van der Waals surface area contributed by atoms with E-state index in [1.165, 1.54) is 18.2 Å². The largest absolute Gasteiger partial charge is 0.478 e. The van der Waals surface area contributed by atoms with E-state index >= 15 is 0 Å². The van der Waals surface area contributed by atoms with Gasteiger partial charge in [0.05, 0.1) is 22.8 Å². The van der Waals surface area contributed by atoms with Crippen molar-refractivity contribution in [1.29, 1.82) is 0 Å². The highest BCUT2D eigenvalue weighted by molar-refractivity contribution is 7.09. The van der Waals surface area contributed by atoms with E-state index in [1.54, 1.807) is 29.5 Å². The van der Waals surface area contributed by atoms with Crippen LogP contribution in [0.1, 0.15) is 33.5 Å². The fourth-order valence-electron chi connectivity index (χ4n) is 1.74. The summed E-state index contributed by atoms with van der Waals surface area (Å²) >= 11 is 1.59. The third kappa shape index (κ3) is 4.53. The molecule has 0 atom stereocenters. The molecular formula is C16H16N2O3S. The first-order chi connectivity index (χ1) is 10.6. The number of benzene rings is 1. The Balaban J connectivity index is 1.86. The van der Waals surface area contributed by atoms with Crippen LogP contribution in [0, 0.1) is 0 Å². The van der Waals surface area contributed by atoms with Crippen LogP contribution in [0.2, 0.25) is 0 Å². The zero-order chi connectivity index (χ0) is 15.9. The number of nitrogens with one attached hydrogen (secondary N) is 1. The second kappa shape index (κ2) is 7.51. The number of amides is 1. The lowest BCUT2D eigenvalue weighted by Gasteiger charge is -1.99. The van der Waals surface area contributed by atoms with E-state index < -0.39 is 5.97 Å². The number of aromatic carboxylic acids is 1. The summed E-state index contributed by atoms with van der Waals surface area (Å²) in [5.74, 6) is -1.18. The van der Waals surface area contributed by atoms with Gasteiger partial charge in [-0.3, -0.25) is 4.79 Å². The maximum Gasteiger partial charge on any atom is 0.335 e. The summed E-state index contributed by atoms with van der Waals surface area (Å²) in [5.41, 5.74) is 1.84. The topological polar surface area (TPSA) is 79.3 Å². The summed E-state index contributed by atoms with van der Waals surface area (Å²) in [7, 11) is 0. The van der Waals surface area contributed by atoms with E-state index in [1.807, 2.05) is 12.3 Å². The fraction of sp³-hybridized carbons (Fsp3) is 0.188. The predicted octanol–water partition coefficient (Wildman–Crippen LogP) is 2.73. The molecule has 1 heterocycles. The molecule has 0 unspecified atom stereocenters. The third-order valence-electron chi connectivity index (χ3n) is 2.93. The van der Waals surface area contributed by atoms with Gasteiger partial charge in [-0.05, 0) is 30.2 Å². The van der Waals surface area contributed by atoms with Crippen LogP contribution in [0.15, 0.2) is 35.7 Å². The van der Waals surface area contributed by atoms with Gasteiger partial charge in [0.15, 0.2) is 0 Å². The molecule has 0 aliphatic rings. The summed E-state index contributed by atoms with van der Waals surface area (Å²) in [6, 6.07) is 6.31. The lowest BCUT2D eigenvalue weighted by Crippen LogP contribution is -2.20. The normalized spacial score (nSPS) is 10.8. The lowest BCUT2D eigenvalue weighted by atomic mass is 10.1. The number of aryl methyl sites for hydroxylation is 1. The molecule has 0 aliphatic heterocycles. The number of rotatable bonds is 6. The number of carboxylic acids is 1. The summed E-state index contributed by atoms with van der Waals surface area (Å²) in [5, 5.41) is 14.6. The molecule has 2 aromatic rings. The number of aromatic nitrogens is 1. The maximum atomic E-state index is 11.7. The van der Waals surface area contributed by atoms with Crippen LogP contribution >= 0.6 is 11.3 Å². The molecule has 22 heavy (non-hydrogen) atoms. The van der Waals surface area contributed by atoms with Crippen LogP contribution in [0.5, 0.6) is 0 Å².